The van der Waals surface area contributed by atoms with Crippen LogP contribution in [0.3, 0.4) is 0 Å². The Bertz CT molecular complexity index is 793. The lowest BCUT2D eigenvalue weighted by Gasteiger charge is -2.35. The Kier molecular flexibility index (Phi) is 5.20. The number of aliphatic hydroxyl groups is 1. The van der Waals surface area contributed by atoms with E-state index in [0.717, 1.165) is 74.2 Å². The largest absolute Gasteiger partial charge is 0.385 e. The highest BCUT2D eigenvalue weighted by Crippen LogP contribution is 2.41. The SMILES string of the molecule is CN1CCN(c2cccc(F)c2Cc2ccccc2C2(O)CCCC2)CC1. The van der Waals surface area contributed by atoms with E-state index in [1.807, 2.05) is 36.4 Å². The molecule has 2 aliphatic rings. The van der Waals surface area contributed by atoms with Gasteiger partial charge in [-0.05, 0) is 43.1 Å². The second kappa shape index (κ2) is 7.61. The van der Waals surface area contributed by atoms with Gasteiger partial charge in [0.25, 0.3) is 0 Å². The fourth-order valence-corrected chi connectivity index (χ4v) is 4.61. The smallest absolute Gasteiger partial charge is 0.128 e. The average Bonchev–Trinajstić information content (AvgIpc) is 3.12. The minimum Gasteiger partial charge on any atom is -0.385 e. The minimum atomic E-state index is -0.754. The number of rotatable bonds is 4. The quantitative estimate of drug-likeness (QED) is 0.886. The number of hydrogen-bond donors (Lipinski definition) is 1. The summed E-state index contributed by atoms with van der Waals surface area (Å²) in [6.45, 7) is 3.82. The van der Waals surface area contributed by atoms with Gasteiger partial charge in [-0.1, -0.05) is 43.2 Å². The predicted octanol–water partition coefficient (Wildman–Crippen LogP) is 3.93. The third-order valence-electron chi connectivity index (χ3n) is 6.25. The highest BCUT2D eigenvalue weighted by atomic mass is 19.1. The standard InChI is InChI=1S/C23H29FN2O/c1-25-13-15-26(16-14-25)22-10-6-9-21(24)19(22)17-18-7-2-3-8-20(18)23(27)11-4-5-12-23/h2-3,6-10,27H,4-5,11-17H2,1H3. The summed E-state index contributed by atoms with van der Waals surface area (Å²) < 4.78 is 14.9. The Morgan fingerprint density at radius 1 is 0.963 bits per heavy atom. The van der Waals surface area contributed by atoms with Gasteiger partial charge >= 0.3 is 0 Å². The van der Waals surface area contributed by atoms with E-state index in [2.05, 4.69) is 16.8 Å². The molecule has 1 saturated heterocycles. The fraction of sp³-hybridized carbons (Fsp3) is 0.478. The number of likely N-dealkylation sites (N-methyl/N-ethyl adjacent to an activating group) is 1. The summed E-state index contributed by atoms with van der Waals surface area (Å²) in [5.41, 5.74) is 3.01. The first-order chi connectivity index (χ1) is 13.1. The van der Waals surface area contributed by atoms with Crippen LogP contribution in [0.5, 0.6) is 0 Å². The molecule has 1 heterocycles. The van der Waals surface area contributed by atoms with Crippen molar-refractivity contribution < 1.29 is 9.50 Å². The highest BCUT2D eigenvalue weighted by molar-refractivity contribution is 5.57. The summed E-state index contributed by atoms with van der Waals surface area (Å²) >= 11 is 0. The molecular weight excluding hydrogens is 339 g/mol. The van der Waals surface area contributed by atoms with Crippen molar-refractivity contribution in [2.75, 3.05) is 38.1 Å². The lowest BCUT2D eigenvalue weighted by atomic mass is 9.86. The molecular formula is C23H29FN2O. The average molecular weight is 368 g/mol. The van der Waals surface area contributed by atoms with Crippen molar-refractivity contribution in [3.05, 3.63) is 65.0 Å². The number of hydrogen-bond acceptors (Lipinski definition) is 3. The van der Waals surface area contributed by atoms with Crippen molar-refractivity contribution in [3.8, 4) is 0 Å². The van der Waals surface area contributed by atoms with E-state index in [4.69, 9.17) is 0 Å². The Morgan fingerprint density at radius 3 is 2.41 bits per heavy atom. The van der Waals surface area contributed by atoms with E-state index in [-0.39, 0.29) is 5.82 Å². The van der Waals surface area contributed by atoms with Crippen LogP contribution in [-0.4, -0.2) is 43.2 Å². The van der Waals surface area contributed by atoms with E-state index in [1.54, 1.807) is 6.07 Å². The summed E-state index contributed by atoms with van der Waals surface area (Å²) in [6.07, 6.45) is 4.22. The van der Waals surface area contributed by atoms with E-state index in [1.165, 1.54) is 0 Å². The molecule has 27 heavy (non-hydrogen) atoms. The number of nitrogens with zero attached hydrogens (tertiary/aromatic N) is 2. The molecule has 0 spiro atoms. The molecule has 4 heteroatoms. The van der Waals surface area contributed by atoms with Crippen molar-refractivity contribution in [1.82, 2.24) is 4.90 Å². The number of anilines is 1. The van der Waals surface area contributed by atoms with Crippen LogP contribution < -0.4 is 4.90 Å². The Morgan fingerprint density at radius 2 is 1.67 bits per heavy atom. The molecule has 1 aliphatic heterocycles. The zero-order valence-electron chi connectivity index (χ0n) is 16.1. The van der Waals surface area contributed by atoms with Crippen LogP contribution >= 0.6 is 0 Å². The van der Waals surface area contributed by atoms with Gasteiger partial charge in [-0.3, -0.25) is 0 Å². The maximum absolute atomic E-state index is 14.9. The molecule has 0 amide bonds. The maximum atomic E-state index is 14.9. The van der Waals surface area contributed by atoms with Gasteiger partial charge in [-0.2, -0.15) is 0 Å². The molecule has 1 N–H and O–H groups in total. The normalized spacial score (nSPS) is 20.2. The van der Waals surface area contributed by atoms with Crippen LogP contribution in [0.1, 0.15) is 42.4 Å². The van der Waals surface area contributed by atoms with Gasteiger partial charge in [-0.15, -0.1) is 0 Å². The van der Waals surface area contributed by atoms with Gasteiger partial charge in [0.2, 0.25) is 0 Å². The molecule has 4 rings (SSSR count). The number of benzene rings is 2. The third-order valence-corrected chi connectivity index (χ3v) is 6.25. The second-order valence-corrected chi connectivity index (χ2v) is 8.10. The Labute approximate surface area is 161 Å². The van der Waals surface area contributed by atoms with E-state index in [9.17, 15) is 9.50 Å². The Hall–Kier alpha value is -1.91. The Balaban J connectivity index is 1.68. The minimum absolute atomic E-state index is 0.153. The molecule has 0 aromatic heterocycles. The number of piperazine rings is 1. The third kappa shape index (κ3) is 3.74. The first kappa shape index (κ1) is 18.5. The molecule has 0 radical (unpaired) electrons. The van der Waals surface area contributed by atoms with E-state index >= 15 is 0 Å². The molecule has 2 aromatic rings. The van der Waals surface area contributed by atoms with Gasteiger partial charge in [-0.25, -0.2) is 4.39 Å². The van der Waals surface area contributed by atoms with E-state index < -0.39 is 5.60 Å². The topological polar surface area (TPSA) is 26.7 Å². The van der Waals surface area contributed by atoms with Gasteiger partial charge in [0.1, 0.15) is 5.82 Å². The van der Waals surface area contributed by atoms with Crippen molar-refractivity contribution in [1.29, 1.82) is 0 Å². The van der Waals surface area contributed by atoms with Crippen LogP contribution in [-0.2, 0) is 12.0 Å². The molecule has 2 fully saturated rings. The zero-order chi connectivity index (χ0) is 18.9. The van der Waals surface area contributed by atoms with Crippen molar-refractivity contribution in [3.63, 3.8) is 0 Å². The first-order valence-electron chi connectivity index (χ1n) is 10.1. The monoisotopic (exact) mass is 368 g/mol. The molecule has 0 atom stereocenters. The molecule has 2 aromatic carbocycles. The van der Waals surface area contributed by atoms with Gasteiger partial charge in [0, 0.05) is 43.9 Å². The van der Waals surface area contributed by atoms with Crippen molar-refractivity contribution >= 4 is 5.69 Å². The summed E-state index contributed by atoms with van der Waals surface area (Å²) in [4.78, 5) is 4.60. The molecule has 1 aliphatic carbocycles. The fourth-order valence-electron chi connectivity index (χ4n) is 4.61. The van der Waals surface area contributed by atoms with Crippen molar-refractivity contribution in [2.24, 2.45) is 0 Å². The first-order valence-corrected chi connectivity index (χ1v) is 10.1. The molecule has 1 saturated carbocycles. The summed E-state index contributed by atoms with van der Waals surface area (Å²) in [5.74, 6) is -0.153. The summed E-state index contributed by atoms with van der Waals surface area (Å²) in [6, 6.07) is 13.5. The predicted molar refractivity (Wildman–Crippen MR) is 108 cm³/mol. The van der Waals surface area contributed by atoms with Crippen LogP contribution in [0, 0.1) is 5.82 Å². The van der Waals surface area contributed by atoms with Gasteiger partial charge in [0.05, 0.1) is 5.60 Å². The van der Waals surface area contributed by atoms with Crippen molar-refractivity contribution in [2.45, 2.75) is 37.7 Å². The van der Waals surface area contributed by atoms with Crippen LogP contribution in [0.2, 0.25) is 0 Å². The van der Waals surface area contributed by atoms with E-state index in [0.29, 0.717) is 6.42 Å². The molecule has 0 bridgehead atoms. The summed E-state index contributed by atoms with van der Waals surface area (Å²) in [5, 5.41) is 11.1. The van der Waals surface area contributed by atoms with Gasteiger partial charge in [0.15, 0.2) is 0 Å². The van der Waals surface area contributed by atoms with Crippen LogP contribution in [0.25, 0.3) is 0 Å². The molecule has 144 valence electrons. The second-order valence-electron chi connectivity index (χ2n) is 8.10. The van der Waals surface area contributed by atoms with Gasteiger partial charge < -0.3 is 14.9 Å². The number of halogens is 1. The molecule has 3 nitrogen and oxygen atoms in total. The molecule has 0 unspecified atom stereocenters. The van der Waals surface area contributed by atoms with Crippen LogP contribution in [0.15, 0.2) is 42.5 Å². The van der Waals surface area contributed by atoms with Crippen LogP contribution in [0.4, 0.5) is 10.1 Å². The summed E-state index contributed by atoms with van der Waals surface area (Å²) in [7, 11) is 2.13. The lowest BCUT2D eigenvalue weighted by Crippen LogP contribution is -2.44. The highest BCUT2D eigenvalue weighted by Gasteiger charge is 2.34. The maximum Gasteiger partial charge on any atom is 0.128 e. The zero-order valence-corrected chi connectivity index (χ0v) is 16.1. The lowest BCUT2D eigenvalue weighted by molar-refractivity contribution is 0.0436.